The van der Waals surface area contributed by atoms with Gasteiger partial charge in [-0.1, -0.05) is 0 Å². The molecule has 0 spiro atoms. The van der Waals surface area contributed by atoms with Gasteiger partial charge in [-0.2, -0.15) is 5.10 Å². The smallest absolute Gasteiger partial charge is 0.198 e. The monoisotopic (exact) mass is 180 g/mol. The summed E-state index contributed by atoms with van der Waals surface area (Å²) in [5, 5.41) is 8.07. The van der Waals surface area contributed by atoms with Crippen LogP contribution in [0.25, 0.3) is 11.6 Å². The van der Waals surface area contributed by atoms with Gasteiger partial charge in [0.25, 0.3) is 0 Å². The van der Waals surface area contributed by atoms with E-state index in [-0.39, 0.29) is 0 Å². The lowest BCUT2D eigenvalue weighted by Gasteiger charge is -2.03. The molecule has 62 valence electrons. The first-order valence-electron chi connectivity index (χ1n) is 3.39. The van der Waals surface area contributed by atoms with Crippen LogP contribution in [0.2, 0.25) is 0 Å². The van der Waals surface area contributed by atoms with Gasteiger partial charge < -0.3 is 21.6 Å². The zero-order chi connectivity index (χ0) is 8.55. The Hall–Kier alpha value is -1.36. The fraction of sp³-hybridized carbons (Fsp3) is 0.143. The minimum atomic E-state index is 0.460. The summed E-state index contributed by atoms with van der Waals surface area (Å²) in [4.78, 5) is 0. The normalized spacial score (nSPS) is 10.4. The molecule has 0 atom stereocenters. The van der Waals surface area contributed by atoms with Gasteiger partial charge in [0.15, 0.2) is 11.6 Å². The fourth-order valence-corrected chi connectivity index (χ4v) is 1.06. The highest BCUT2D eigenvalue weighted by Crippen LogP contribution is 2.16. The zero-order valence-electron chi connectivity index (χ0n) is 6.39. The highest BCUT2D eigenvalue weighted by atomic mass is 32.1. The van der Waals surface area contributed by atoms with Gasteiger partial charge >= 0.3 is 0 Å². The predicted molar refractivity (Wildman–Crippen MR) is 44.3 cm³/mol. The number of hydrogen-bond acceptors (Lipinski definition) is 4. The van der Waals surface area contributed by atoms with E-state index in [1.165, 1.54) is 0 Å². The van der Waals surface area contributed by atoms with Crippen LogP contribution in [0.5, 0.6) is 0 Å². The van der Waals surface area contributed by atoms with Crippen molar-refractivity contribution in [2.24, 2.45) is 7.05 Å². The van der Waals surface area contributed by atoms with E-state index in [1.807, 2.05) is 6.07 Å². The van der Waals surface area contributed by atoms with Gasteiger partial charge in [0, 0.05) is 12.2 Å². The molecule has 5 heteroatoms. The van der Waals surface area contributed by atoms with Crippen LogP contribution in [0.15, 0.2) is 28.0 Å². The van der Waals surface area contributed by atoms with E-state index >= 15 is 0 Å². The number of rotatable bonds is 1. The zero-order valence-corrected chi connectivity index (χ0v) is 7.21. The molecule has 0 radical (unpaired) electrons. The van der Waals surface area contributed by atoms with Crippen LogP contribution in [-0.2, 0) is 19.7 Å². The number of aromatic nitrogens is 3. The average Bonchev–Trinajstić information content (AvgIpc) is 2.64. The maximum atomic E-state index is 5.14. The predicted octanol–water partition coefficient (Wildman–Crippen LogP) is 0.981. The lowest BCUT2D eigenvalue weighted by molar-refractivity contribution is 0.572. The summed E-state index contributed by atoms with van der Waals surface area (Å²) < 4.78 is 6.85. The molecule has 0 saturated heterocycles. The summed E-state index contributed by atoms with van der Waals surface area (Å²) in [6.45, 7) is 0. The molecule has 12 heavy (non-hydrogen) atoms. The van der Waals surface area contributed by atoms with Crippen molar-refractivity contribution in [1.82, 2.24) is 14.8 Å². The molecule has 0 fully saturated rings. The van der Waals surface area contributed by atoms with Crippen LogP contribution in [0, 0.1) is 0 Å². The second kappa shape index (κ2) is 2.60. The Bertz CT molecular complexity index is 379. The molecule has 0 aromatic carbocycles. The molecule has 0 N–H and O–H groups in total. The summed E-state index contributed by atoms with van der Waals surface area (Å²) in [5.41, 5.74) is 0. The summed E-state index contributed by atoms with van der Waals surface area (Å²) in [6.07, 6.45) is 1.59. The van der Waals surface area contributed by atoms with E-state index in [0.29, 0.717) is 16.7 Å². The first-order chi connectivity index (χ1) is 5.79. The van der Waals surface area contributed by atoms with Crippen LogP contribution in [-0.4, -0.2) is 14.8 Å². The number of furan rings is 1. The van der Waals surface area contributed by atoms with Crippen molar-refractivity contribution in [2.75, 3.05) is 0 Å². The van der Waals surface area contributed by atoms with E-state index in [4.69, 9.17) is 17.0 Å². The molecular formula is C7H6N3OS-. The van der Waals surface area contributed by atoms with Crippen LogP contribution in [0.3, 0.4) is 0 Å². The molecule has 0 aliphatic carbocycles. The van der Waals surface area contributed by atoms with Crippen molar-refractivity contribution < 1.29 is 4.42 Å². The summed E-state index contributed by atoms with van der Waals surface area (Å²) in [6, 6.07) is 3.62. The van der Waals surface area contributed by atoms with Crippen molar-refractivity contribution in [3.8, 4) is 11.6 Å². The summed E-state index contributed by atoms with van der Waals surface area (Å²) in [7, 11) is 1.81. The molecule has 2 aromatic heterocycles. The third-order valence-corrected chi connectivity index (χ3v) is 1.93. The van der Waals surface area contributed by atoms with E-state index < -0.39 is 0 Å². The fourth-order valence-electron chi connectivity index (χ4n) is 0.935. The summed E-state index contributed by atoms with van der Waals surface area (Å²) >= 11 is 4.90. The molecule has 0 bridgehead atoms. The SMILES string of the molecule is Cn1c([S-])nnc1-c1ccco1. The standard InChI is InChI=1S/C7H7N3OS/c1-10-6(8-9-7(10)12)5-3-2-4-11-5/h2-4H,1H3,(H,9,12)/p-1. The molecule has 2 aromatic rings. The maximum absolute atomic E-state index is 5.14. The third kappa shape index (κ3) is 0.984. The van der Waals surface area contributed by atoms with E-state index in [1.54, 1.807) is 23.9 Å². The Morgan fingerprint density at radius 1 is 1.50 bits per heavy atom. The van der Waals surface area contributed by atoms with Gasteiger partial charge in [0.1, 0.15) is 0 Å². The lowest BCUT2D eigenvalue weighted by Crippen LogP contribution is -1.93. The lowest BCUT2D eigenvalue weighted by atomic mass is 10.4. The number of nitrogens with zero attached hydrogens (tertiary/aromatic N) is 3. The average molecular weight is 180 g/mol. The molecule has 0 aliphatic rings. The Labute approximate surface area is 74.6 Å². The van der Waals surface area contributed by atoms with Crippen LogP contribution < -0.4 is 0 Å². The second-order valence-electron chi connectivity index (χ2n) is 2.34. The molecule has 0 aliphatic heterocycles. The molecule has 2 heterocycles. The van der Waals surface area contributed by atoms with Gasteiger partial charge in [-0.3, -0.25) is 0 Å². The topological polar surface area (TPSA) is 43.9 Å². The largest absolute Gasteiger partial charge is 0.740 e. The van der Waals surface area contributed by atoms with Gasteiger partial charge in [-0.15, -0.1) is 5.10 Å². The van der Waals surface area contributed by atoms with E-state index in [2.05, 4.69) is 10.2 Å². The second-order valence-corrected chi connectivity index (χ2v) is 2.71. The molecule has 0 amide bonds. The van der Waals surface area contributed by atoms with Gasteiger partial charge in [0.05, 0.1) is 6.26 Å². The molecule has 2 rings (SSSR count). The van der Waals surface area contributed by atoms with Crippen molar-refractivity contribution >= 4 is 12.6 Å². The first-order valence-corrected chi connectivity index (χ1v) is 3.80. The Kier molecular flexibility index (Phi) is 1.58. The molecule has 0 saturated carbocycles. The minimum absolute atomic E-state index is 0.460. The van der Waals surface area contributed by atoms with Crippen molar-refractivity contribution in [1.29, 1.82) is 0 Å². The van der Waals surface area contributed by atoms with Crippen molar-refractivity contribution in [3.05, 3.63) is 18.4 Å². The number of hydrogen-bond donors (Lipinski definition) is 0. The quantitative estimate of drug-likeness (QED) is 0.614. The Morgan fingerprint density at radius 3 is 2.83 bits per heavy atom. The van der Waals surface area contributed by atoms with Crippen molar-refractivity contribution in [3.63, 3.8) is 0 Å². The Balaban J connectivity index is 2.55. The van der Waals surface area contributed by atoms with E-state index in [9.17, 15) is 0 Å². The molecular weight excluding hydrogens is 174 g/mol. The third-order valence-electron chi connectivity index (χ3n) is 1.58. The van der Waals surface area contributed by atoms with E-state index in [0.717, 1.165) is 0 Å². The van der Waals surface area contributed by atoms with Crippen molar-refractivity contribution in [2.45, 2.75) is 5.16 Å². The van der Waals surface area contributed by atoms with Gasteiger partial charge in [-0.25, -0.2) is 0 Å². The Morgan fingerprint density at radius 2 is 2.33 bits per heavy atom. The van der Waals surface area contributed by atoms with Crippen LogP contribution >= 0.6 is 0 Å². The highest BCUT2D eigenvalue weighted by molar-refractivity contribution is 7.58. The van der Waals surface area contributed by atoms with Crippen LogP contribution in [0.1, 0.15) is 0 Å². The maximum Gasteiger partial charge on any atom is 0.198 e. The van der Waals surface area contributed by atoms with Gasteiger partial charge in [-0.05, 0) is 12.1 Å². The first kappa shape index (κ1) is 7.30. The minimum Gasteiger partial charge on any atom is -0.740 e. The van der Waals surface area contributed by atoms with Crippen LogP contribution in [0.4, 0.5) is 0 Å². The van der Waals surface area contributed by atoms with Gasteiger partial charge in [0.2, 0.25) is 0 Å². The summed E-state index contributed by atoms with van der Waals surface area (Å²) in [5.74, 6) is 1.34. The highest BCUT2D eigenvalue weighted by Gasteiger charge is 2.06. The molecule has 4 nitrogen and oxygen atoms in total. The molecule has 0 unspecified atom stereocenters.